The molecular formula is C13H22N2O. The van der Waals surface area contributed by atoms with Crippen molar-refractivity contribution in [2.75, 3.05) is 18.5 Å². The van der Waals surface area contributed by atoms with Gasteiger partial charge in [-0.25, -0.2) is 4.98 Å². The van der Waals surface area contributed by atoms with Crippen LogP contribution in [0, 0.1) is 5.41 Å². The van der Waals surface area contributed by atoms with E-state index < -0.39 is 0 Å². The maximum atomic E-state index is 5.69. The van der Waals surface area contributed by atoms with Gasteiger partial charge in [0.05, 0.1) is 6.61 Å². The fourth-order valence-corrected chi connectivity index (χ4v) is 1.25. The Balaban J connectivity index is 2.44. The fourth-order valence-electron chi connectivity index (χ4n) is 1.25. The van der Waals surface area contributed by atoms with Crippen molar-refractivity contribution in [1.82, 2.24) is 4.98 Å². The lowest BCUT2D eigenvalue weighted by Gasteiger charge is -2.18. The molecule has 0 fully saturated rings. The number of nitrogens with zero attached hydrogens (tertiary/aromatic N) is 1. The summed E-state index contributed by atoms with van der Waals surface area (Å²) in [6.07, 6.45) is 2.82. The third kappa shape index (κ3) is 5.01. The standard InChI is InChI=1S/C13H22N2O/c1-5-14-12-10-11(6-8-15-12)16-9-7-13(2,3)4/h6,8,10H,5,7,9H2,1-4H3,(H,14,15). The lowest BCUT2D eigenvalue weighted by molar-refractivity contribution is 0.243. The third-order valence-corrected chi connectivity index (χ3v) is 2.21. The molecule has 90 valence electrons. The quantitative estimate of drug-likeness (QED) is 0.829. The van der Waals surface area contributed by atoms with Crippen LogP contribution in [-0.2, 0) is 0 Å². The van der Waals surface area contributed by atoms with Crippen molar-refractivity contribution in [2.24, 2.45) is 5.41 Å². The summed E-state index contributed by atoms with van der Waals surface area (Å²) in [6, 6.07) is 3.83. The highest BCUT2D eigenvalue weighted by Gasteiger charge is 2.09. The van der Waals surface area contributed by atoms with Crippen LogP contribution in [0.15, 0.2) is 18.3 Å². The Morgan fingerprint density at radius 1 is 1.38 bits per heavy atom. The minimum atomic E-state index is 0.317. The van der Waals surface area contributed by atoms with E-state index in [2.05, 4.69) is 38.0 Å². The second-order valence-electron chi connectivity index (χ2n) is 5.07. The van der Waals surface area contributed by atoms with Crippen molar-refractivity contribution in [1.29, 1.82) is 0 Å². The predicted octanol–water partition coefficient (Wildman–Crippen LogP) is 3.33. The molecule has 1 aromatic rings. The van der Waals surface area contributed by atoms with E-state index in [1.54, 1.807) is 6.20 Å². The second-order valence-corrected chi connectivity index (χ2v) is 5.07. The van der Waals surface area contributed by atoms with Gasteiger partial charge < -0.3 is 10.1 Å². The topological polar surface area (TPSA) is 34.1 Å². The first-order valence-corrected chi connectivity index (χ1v) is 5.84. The van der Waals surface area contributed by atoms with Crippen molar-refractivity contribution in [2.45, 2.75) is 34.1 Å². The summed E-state index contributed by atoms with van der Waals surface area (Å²) in [6.45, 7) is 10.3. The summed E-state index contributed by atoms with van der Waals surface area (Å²) in [5.41, 5.74) is 0.317. The van der Waals surface area contributed by atoms with E-state index in [4.69, 9.17) is 4.74 Å². The molecule has 0 atom stereocenters. The Morgan fingerprint density at radius 2 is 2.12 bits per heavy atom. The first-order chi connectivity index (χ1) is 7.51. The molecule has 1 aromatic heterocycles. The van der Waals surface area contributed by atoms with Gasteiger partial charge in [-0.1, -0.05) is 20.8 Å². The Bertz CT molecular complexity index is 318. The maximum Gasteiger partial charge on any atom is 0.129 e. The van der Waals surface area contributed by atoms with Gasteiger partial charge in [0.25, 0.3) is 0 Å². The van der Waals surface area contributed by atoms with Crippen LogP contribution in [0.5, 0.6) is 5.75 Å². The van der Waals surface area contributed by atoms with Crippen molar-refractivity contribution in [3.63, 3.8) is 0 Å². The summed E-state index contributed by atoms with van der Waals surface area (Å²) in [5.74, 6) is 1.76. The van der Waals surface area contributed by atoms with Crippen LogP contribution >= 0.6 is 0 Å². The van der Waals surface area contributed by atoms with Gasteiger partial charge in [-0.2, -0.15) is 0 Å². The average Bonchev–Trinajstić information content (AvgIpc) is 2.17. The zero-order valence-electron chi connectivity index (χ0n) is 10.7. The van der Waals surface area contributed by atoms with Crippen LogP contribution < -0.4 is 10.1 Å². The Morgan fingerprint density at radius 3 is 2.75 bits per heavy atom. The van der Waals surface area contributed by atoms with E-state index in [0.717, 1.165) is 31.1 Å². The highest BCUT2D eigenvalue weighted by molar-refractivity contribution is 5.40. The first-order valence-electron chi connectivity index (χ1n) is 5.84. The molecule has 0 aliphatic heterocycles. The van der Waals surface area contributed by atoms with Crippen LogP contribution in [0.2, 0.25) is 0 Å². The number of anilines is 1. The monoisotopic (exact) mass is 222 g/mol. The lowest BCUT2D eigenvalue weighted by Crippen LogP contribution is -2.11. The van der Waals surface area contributed by atoms with E-state index >= 15 is 0 Å². The molecule has 0 unspecified atom stereocenters. The summed E-state index contributed by atoms with van der Waals surface area (Å²) in [4.78, 5) is 4.19. The van der Waals surface area contributed by atoms with Crippen LogP contribution in [0.25, 0.3) is 0 Å². The SMILES string of the molecule is CCNc1cc(OCCC(C)(C)C)ccn1. The molecule has 0 saturated heterocycles. The van der Waals surface area contributed by atoms with Crippen molar-refractivity contribution >= 4 is 5.82 Å². The number of rotatable bonds is 5. The molecule has 0 saturated carbocycles. The smallest absolute Gasteiger partial charge is 0.129 e. The van der Waals surface area contributed by atoms with Crippen molar-refractivity contribution in [3.05, 3.63) is 18.3 Å². The van der Waals surface area contributed by atoms with Crippen LogP contribution in [0.4, 0.5) is 5.82 Å². The van der Waals surface area contributed by atoms with Gasteiger partial charge >= 0.3 is 0 Å². The number of aromatic nitrogens is 1. The average molecular weight is 222 g/mol. The summed E-state index contributed by atoms with van der Waals surface area (Å²) >= 11 is 0. The van der Waals surface area contributed by atoms with Gasteiger partial charge in [0, 0.05) is 18.8 Å². The van der Waals surface area contributed by atoms with Crippen LogP contribution in [0.1, 0.15) is 34.1 Å². The molecule has 0 radical (unpaired) electrons. The van der Waals surface area contributed by atoms with Crippen LogP contribution in [0.3, 0.4) is 0 Å². The van der Waals surface area contributed by atoms with Gasteiger partial charge in [-0.3, -0.25) is 0 Å². The second kappa shape index (κ2) is 5.73. The number of hydrogen-bond donors (Lipinski definition) is 1. The highest BCUT2D eigenvalue weighted by atomic mass is 16.5. The molecule has 0 amide bonds. The summed E-state index contributed by atoms with van der Waals surface area (Å²) < 4.78 is 5.69. The molecule has 0 aliphatic carbocycles. The molecule has 0 spiro atoms. The van der Waals surface area contributed by atoms with Gasteiger partial charge in [0.2, 0.25) is 0 Å². The van der Waals surface area contributed by atoms with Gasteiger partial charge in [0.1, 0.15) is 11.6 Å². The molecule has 3 nitrogen and oxygen atoms in total. The predicted molar refractivity (Wildman–Crippen MR) is 68.0 cm³/mol. The molecule has 3 heteroatoms. The highest BCUT2D eigenvalue weighted by Crippen LogP contribution is 2.20. The van der Waals surface area contributed by atoms with Gasteiger partial charge in [0.15, 0.2) is 0 Å². The van der Waals surface area contributed by atoms with Crippen molar-refractivity contribution < 1.29 is 4.74 Å². The van der Waals surface area contributed by atoms with E-state index in [1.165, 1.54) is 0 Å². The molecule has 1 rings (SSSR count). The maximum absolute atomic E-state index is 5.69. The number of hydrogen-bond acceptors (Lipinski definition) is 3. The van der Waals surface area contributed by atoms with E-state index in [0.29, 0.717) is 5.41 Å². The van der Waals surface area contributed by atoms with E-state index in [-0.39, 0.29) is 0 Å². The Hall–Kier alpha value is -1.25. The molecule has 0 bridgehead atoms. The first kappa shape index (κ1) is 12.8. The molecule has 0 aromatic carbocycles. The molecule has 1 heterocycles. The number of pyridine rings is 1. The number of nitrogens with one attached hydrogen (secondary N) is 1. The largest absolute Gasteiger partial charge is 0.493 e. The minimum Gasteiger partial charge on any atom is -0.493 e. The normalized spacial score (nSPS) is 11.2. The third-order valence-electron chi connectivity index (χ3n) is 2.21. The van der Waals surface area contributed by atoms with Gasteiger partial charge in [-0.05, 0) is 24.8 Å². The Labute approximate surface area is 98.2 Å². The minimum absolute atomic E-state index is 0.317. The molecule has 16 heavy (non-hydrogen) atoms. The van der Waals surface area contributed by atoms with Crippen LogP contribution in [-0.4, -0.2) is 18.1 Å². The van der Waals surface area contributed by atoms with E-state index in [9.17, 15) is 0 Å². The molecular weight excluding hydrogens is 200 g/mol. The Kier molecular flexibility index (Phi) is 4.59. The zero-order valence-corrected chi connectivity index (χ0v) is 10.7. The molecule has 1 N–H and O–H groups in total. The van der Waals surface area contributed by atoms with E-state index in [1.807, 2.05) is 12.1 Å². The fraction of sp³-hybridized carbons (Fsp3) is 0.615. The summed E-state index contributed by atoms with van der Waals surface area (Å²) in [5, 5.41) is 3.16. The molecule has 0 aliphatic rings. The van der Waals surface area contributed by atoms with Crippen molar-refractivity contribution in [3.8, 4) is 5.75 Å². The number of ether oxygens (including phenoxy) is 1. The zero-order chi connectivity index (χ0) is 12.0. The summed E-state index contributed by atoms with van der Waals surface area (Å²) in [7, 11) is 0. The lowest BCUT2D eigenvalue weighted by atomic mass is 9.93. The van der Waals surface area contributed by atoms with Gasteiger partial charge in [-0.15, -0.1) is 0 Å².